The van der Waals surface area contributed by atoms with E-state index in [1.165, 1.54) is 0 Å². The van der Waals surface area contributed by atoms with Crippen molar-refractivity contribution in [2.24, 2.45) is 0 Å². The van der Waals surface area contributed by atoms with Crippen molar-refractivity contribution < 1.29 is 4.79 Å². The van der Waals surface area contributed by atoms with Crippen molar-refractivity contribution >= 4 is 22.5 Å². The van der Waals surface area contributed by atoms with Gasteiger partial charge in [-0.25, -0.2) is 4.98 Å². The number of carbonyl (C=O) groups is 1. The Kier molecular flexibility index (Phi) is 5.14. The zero-order chi connectivity index (χ0) is 15.2. The van der Waals surface area contributed by atoms with Gasteiger partial charge in [0.2, 0.25) is 0 Å². The fourth-order valence-corrected chi connectivity index (χ4v) is 2.41. The summed E-state index contributed by atoms with van der Waals surface area (Å²) >= 11 is 0. The van der Waals surface area contributed by atoms with Crippen molar-refractivity contribution in [1.82, 2.24) is 9.88 Å². The second-order valence-corrected chi connectivity index (χ2v) is 5.06. The van der Waals surface area contributed by atoms with E-state index in [1.807, 2.05) is 49.2 Å². The van der Waals surface area contributed by atoms with Crippen LogP contribution in [0.2, 0.25) is 0 Å². The number of hydrogen-bond donors (Lipinski definition) is 1. The summed E-state index contributed by atoms with van der Waals surface area (Å²) in [5.41, 5.74) is 2.30. The van der Waals surface area contributed by atoms with Crippen molar-refractivity contribution in [3.63, 3.8) is 0 Å². The Labute approximate surface area is 126 Å². The third-order valence-corrected chi connectivity index (χ3v) is 3.66. The van der Waals surface area contributed by atoms with E-state index in [9.17, 15) is 4.79 Å². The van der Waals surface area contributed by atoms with Gasteiger partial charge in [0.1, 0.15) is 5.69 Å². The first-order valence-corrected chi connectivity index (χ1v) is 7.58. The molecule has 0 spiro atoms. The number of fused-ring (bicyclic) bond motifs is 1. The normalized spacial score (nSPS) is 10.6. The lowest BCUT2D eigenvalue weighted by Gasteiger charge is -2.20. The number of rotatable bonds is 6. The zero-order valence-electron chi connectivity index (χ0n) is 13.0. The van der Waals surface area contributed by atoms with E-state index in [-0.39, 0.29) is 5.91 Å². The predicted octanol–water partition coefficient (Wildman–Crippen LogP) is 3.54. The van der Waals surface area contributed by atoms with E-state index >= 15 is 0 Å². The summed E-state index contributed by atoms with van der Waals surface area (Å²) in [7, 11) is 1.87. The van der Waals surface area contributed by atoms with E-state index in [0.29, 0.717) is 12.2 Å². The summed E-state index contributed by atoms with van der Waals surface area (Å²) in [6.07, 6.45) is 2.10. The quantitative estimate of drug-likeness (QED) is 0.883. The number of hydrogen-bond acceptors (Lipinski definition) is 3. The van der Waals surface area contributed by atoms with Gasteiger partial charge in [-0.05, 0) is 25.5 Å². The second kappa shape index (κ2) is 7.07. The fraction of sp³-hybridized carbons (Fsp3) is 0.412. The van der Waals surface area contributed by atoms with Gasteiger partial charge < -0.3 is 10.2 Å². The number of carbonyl (C=O) groups excluding carboxylic acids is 1. The van der Waals surface area contributed by atoms with Crippen LogP contribution in [0.1, 0.15) is 37.2 Å². The number of benzene rings is 1. The lowest BCUT2D eigenvalue weighted by atomic mass is 10.1. The Hall–Kier alpha value is -2.10. The van der Waals surface area contributed by atoms with E-state index < -0.39 is 0 Å². The van der Waals surface area contributed by atoms with Gasteiger partial charge in [-0.3, -0.25) is 4.79 Å². The maximum atomic E-state index is 12.6. The summed E-state index contributed by atoms with van der Waals surface area (Å²) in [6, 6.07) is 9.72. The van der Waals surface area contributed by atoms with Crippen molar-refractivity contribution in [2.75, 3.05) is 25.5 Å². The number of unbranched alkanes of at least 4 members (excludes halogenated alkanes) is 1. The lowest BCUT2D eigenvalue weighted by molar-refractivity contribution is 0.0757. The lowest BCUT2D eigenvalue weighted by Crippen LogP contribution is -2.32. The van der Waals surface area contributed by atoms with E-state index in [0.717, 1.165) is 36.0 Å². The molecule has 4 nitrogen and oxygen atoms in total. The van der Waals surface area contributed by atoms with Gasteiger partial charge in [0.15, 0.2) is 0 Å². The van der Waals surface area contributed by atoms with Crippen LogP contribution in [-0.2, 0) is 0 Å². The van der Waals surface area contributed by atoms with Crippen molar-refractivity contribution in [2.45, 2.75) is 26.7 Å². The number of pyridine rings is 1. The Balaban J connectivity index is 2.38. The molecular formula is C17H23N3O. The van der Waals surface area contributed by atoms with Crippen LogP contribution in [0, 0.1) is 0 Å². The Morgan fingerprint density at radius 2 is 2.05 bits per heavy atom. The molecule has 0 unspecified atom stereocenters. The minimum atomic E-state index is 0.00760. The van der Waals surface area contributed by atoms with Crippen molar-refractivity contribution in [1.29, 1.82) is 0 Å². The molecule has 0 aliphatic heterocycles. The highest BCUT2D eigenvalue weighted by Gasteiger charge is 2.17. The van der Waals surface area contributed by atoms with Crippen LogP contribution in [0.15, 0.2) is 30.3 Å². The molecule has 0 fully saturated rings. The van der Waals surface area contributed by atoms with E-state index in [1.54, 1.807) is 0 Å². The van der Waals surface area contributed by atoms with Gasteiger partial charge in [0.05, 0.1) is 5.52 Å². The Morgan fingerprint density at radius 3 is 2.71 bits per heavy atom. The van der Waals surface area contributed by atoms with Gasteiger partial charge in [-0.2, -0.15) is 0 Å². The fourth-order valence-electron chi connectivity index (χ4n) is 2.41. The van der Waals surface area contributed by atoms with E-state index in [4.69, 9.17) is 0 Å². The molecule has 0 aliphatic rings. The van der Waals surface area contributed by atoms with Crippen LogP contribution < -0.4 is 5.32 Å². The molecule has 0 aliphatic carbocycles. The molecule has 21 heavy (non-hydrogen) atoms. The molecule has 0 saturated heterocycles. The van der Waals surface area contributed by atoms with Crippen molar-refractivity contribution in [3.05, 3.63) is 36.0 Å². The number of nitrogens with zero attached hydrogens (tertiary/aromatic N) is 2. The summed E-state index contributed by atoms with van der Waals surface area (Å²) < 4.78 is 0. The van der Waals surface area contributed by atoms with Crippen LogP contribution in [0.5, 0.6) is 0 Å². The number of anilines is 1. The summed E-state index contributed by atoms with van der Waals surface area (Å²) in [4.78, 5) is 19.0. The number of amides is 1. The molecule has 0 atom stereocenters. The predicted molar refractivity (Wildman–Crippen MR) is 87.8 cm³/mol. The van der Waals surface area contributed by atoms with Crippen LogP contribution in [-0.4, -0.2) is 35.9 Å². The van der Waals surface area contributed by atoms with Crippen LogP contribution >= 0.6 is 0 Å². The largest absolute Gasteiger partial charge is 0.388 e. The highest BCUT2D eigenvalue weighted by Crippen LogP contribution is 2.23. The number of aromatic nitrogens is 1. The standard InChI is InChI=1S/C17H23N3O/c1-4-6-11-20(5-2)17(21)16-12-15(18-3)13-9-7-8-10-14(13)19-16/h7-10,12H,4-6,11H2,1-3H3,(H,18,19). The zero-order valence-corrected chi connectivity index (χ0v) is 13.0. The first kappa shape index (κ1) is 15.3. The topological polar surface area (TPSA) is 45.2 Å². The monoisotopic (exact) mass is 285 g/mol. The molecule has 0 saturated carbocycles. The molecule has 2 rings (SSSR count). The molecule has 2 aromatic rings. The third-order valence-electron chi connectivity index (χ3n) is 3.66. The molecule has 4 heteroatoms. The minimum Gasteiger partial charge on any atom is -0.388 e. The first-order chi connectivity index (χ1) is 10.2. The number of nitrogens with one attached hydrogen (secondary N) is 1. The van der Waals surface area contributed by atoms with Crippen LogP contribution in [0.25, 0.3) is 10.9 Å². The highest BCUT2D eigenvalue weighted by molar-refractivity contribution is 5.99. The number of para-hydroxylation sites is 1. The Bertz CT molecular complexity index is 624. The molecular weight excluding hydrogens is 262 g/mol. The molecule has 0 bridgehead atoms. The van der Waals surface area contributed by atoms with E-state index in [2.05, 4.69) is 17.2 Å². The highest BCUT2D eigenvalue weighted by atomic mass is 16.2. The molecule has 1 N–H and O–H groups in total. The molecule has 1 heterocycles. The molecule has 1 amide bonds. The molecule has 112 valence electrons. The van der Waals surface area contributed by atoms with Crippen LogP contribution in [0.3, 0.4) is 0 Å². The summed E-state index contributed by atoms with van der Waals surface area (Å²) in [5.74, 6) is 0.00760. The molecule has 0 radical (unpaired) electrons. The van der Waals surface area contributed by atoms with Gasteiger partial charge in [-0.1, -0.05) is 31.5 Å². The maximum Gasteiger partial charge on any atom is 0.272 e. The minimum absolute atomic E-state index is 0.00760. The smallest absolute Gasteiger partial charge is 0.272 e. The second-order valence-electron chi connectivity index (χ2n) is 5.06. The third kappa shape index (κ3) is 3.32. The van der Waals surface area contributed by atoms with Crippen molar-refractivity contribution in [3.8, 4) is 0 Å². The maximum absolute atomic E-state index is 12.6. The average Bonchev–Trinajstić information content (AvgIpc) is 2.54. The molecule has 1 aromatic carbocycles. The SMILES string of the molecule is CCCCN(CC)C(=O)c1cc(NC)c2ccccc2n1. The van der Waals surface area contributed by atoms with Gasteiger partial charge in [-0.15, -0.1) is 0 Å². The summed E-state index contributed by atoms with van der Waals surface area (Å²) in [5, 5.41) is 4.19. The van der Waals surface area contributed by atoms with Gasteiger partial charge in [0, 0.05) is 31.2 Å². The molecule has 1 aromatic heterocycles. The average molecular weight is 285 g/mol. The first-order valence-electron chi connectivity index (χ1n) is 7.58. The Morgan fingerprint density at radius 1 is 1.29 bits per heavy atom. The van der Waals surface area contributed by atoms with Gasteiger partial charge in [0.25, 0.3) is 5.91 Å². The van der Waals surface area contributed by atoms with Crippen LogP contribution in [0.4, 0.5) is 5.69 Å². The van der Waals surface area contributed by atoms with Gasteiger partial charge >= 0.3 is 0 Å². The summed E-state index contributed by atoms with van der Waals surface area (Å²) in [6.45, 7) is 5.64.